The Balaban J connectivity index is 2.15. The van der Waals surface area contributed by atoms with Gasteiger partial charge in [-0.15, -0.1) is 11.3 Å². The van der Waals surface area contributed by atoms with Crippen LogP contribution in [-0.4, -0.2) is 29.7 Å². The molecule has 0 fully saturated rings. The highest BCUT2D eigenvalue weighted by Gasteiger charge is 2.07. The molecule has 2 N–H and O–H groups in total. The zero-order valence-corrected chi connectivity index (χ0v) is 10.5. The Morgan fingerprint density at radius 2 is 2.17 bits per heavy atom. The van der Waals surface area contributed by atoms with Crippen molar-refractivity contribution in [2.75, 3.05) is 19.0 Å². The van der Waals surface area contributed by atoms with Crippen LogP contribution in [0, 0.1) is 0 Å². The molecule has 0 radical (unpaired) electrons. The van der Waals surface area contributed by atoms with E-state index in [1.807, 2.05) is 29.6 Å². The van der Waals surface area contributed by atoms with E-state index in [9.17, 15) is 4.79 Å². The molecule has 0 saturated heterocycles. The van der Waals surface area contributed by atoms with Crippen molar-refractivity contribution in [2.24, 2.45) is 0 Å². The Labute approximate surface area is 108 Å². The van der Waals surface area contributed by atoms with E-state index < -0.39 is 12.5 Å². The van der Waals surface area contributed by atoms with Crippen LogP contribution in [0.4, 0.5) is 5.13 Å². The number of hydrogen-bond acceptors (Lipinski definition) is 5. The van der Waals surface area contributed by atoms with Gasteiger partial charge in [0.2, 0.25) is 0 Å². The third kappa shape index (κ3) is 2.85. The molecule has 6 heteroatoms. The minimum absolute atomic E-state index is 0.467. The average Bonchev–Trinajstić information content (AvgIpc) is 2.87. The van der Waals surface area contributed by atoms with Gasteiger partial charge in [0.05, 0.1) is 12.8 Å². The van der Waals surface area contributed by atoms with E-state index in [0.29, 0.717) is 5.13 Å². The van der Waals surface area contributed by atoms with Crippen LogP contribution in [0.25, 0.3) is 11.3 Å². The molecule has 5 nitrogen and oxygen atoms in total. The molecule has 2 aromatic rings. The van der Waals surface area contributed by atoms with E-state index in [4.69, 9.17) is 9.84 Å². The normalized spacial score (nSPS) is 10.1. The highest BCUT2D eigenvalue weighted by molar-refractivity contribution is 7.14. The fourth-order valence-electron chi connectivity index (χ4n) is 1.38. The summed E-state index contributed by atoms with van der Waals surface area (Å²) in [6.45, 7) is -0.544. The number of nitrogens with one attached hydrogen (secondary N) is 1. The smallest absolute Gasteiger partial charge is 0.251 e. The molecule has 0 saturated carbocycles. The van der Waals surface area contributed by atoms with E-state index in [-0.39, 0.29) is 0 Å². The van der Waals surface area contributed by atoms with E-state index in [1.165, 1.54) is 11.3 Å². The number of aromatic nitrogens is 1. The van der Waals surface area contributed by atoms with Gasteiger partial charge in [-0.2, -0.15) is 0 Å². The zero-order chi connectivity index (χ0) is 13.0. The Morgan fingerprint density at radius 3 is 2.78 bits per heavy atom. The lowest BCUT2D eigenvalue weighted by atomic mass is 10.2. The van der Waals surface area contributed by atoms with Crippen LogP contribution in [0.1, 0.15) is 0 Å². The Bertz CT molecular complexity index is 537. The Hall–Kier alpha value is -1.92. The number of thiazole rings is 1. The van der Waals surface area contributed by atoms with Crippen LogP contribution in [0.5, 0.6) is 5.75 Å². The molecule has 18 heavy (non-hydrogen) atoms. The Kier molecular flexibility index (Phi) is 3.91. The molecule has 0 spiro atoms. The van der Waals surface area contributed by atoms with Gasteiger partial charge in [0.1, 0.15) is 12.4 Å². The van der Waals surface area contributed by atoms with Gasteiger partial charge in [0.15, 0.2) is 5.13 Å². The van der Waals surface area contributed by atoms with Crippen LogP contribution >= 0.6 is 11.3 Å². The van der Waals surface area contributed by atoms with Crippen molar-refractivity contribution in [3.05, 3.63) is 29.6 Å². The van der Waals surface area contributed by atoms with Crippen LogP contribution in [0.3, 0.4) is 0 Å². The molecule has 0 atom stereocenters. The van der Waals surface area contributed by atoms with Gasteiger partial charge in [0, 0.05) is 10.9 Å². The summed E-state index contributed by atoms with van der Waals surface area (Å²) in [4.78, 5) is 15.3. The van der Waals surface area contributed by atoms with E-state index in [0.717, 1.165) is 17.0 Å². The van der Waals surface area contributed by atoms with Crippen LogP contribution in [0.15, 0.2) is 29.6 Å². The maximum absolute atomic E-state index is 11.0. The number of benzene rings is 1. The number of nitrogens with zero attached hydrogens (tertiary/aromatic N) is 1. The van der Waals surface area contributed by atoms with Crippen molar-refractivity contribution < 1.29 is 14.6 Å². The molecule has 1 heterocycles. The van der Waals surface area contributed by atoms with Gasteiger partial charge in [-0.3, -0.25) is 10.1 Å². The molecule has 0 unspecified atom stereocenters. The predicted octanol–water partition coefficient (Wildman–Crippen LogP) is 1.75. The third-order valence-electron chi connectivity index (χ3n) is 2.28. The van der Waals surface area contributed by atoms with Crippen LogP contribution < -0.4 is 10.1 Å². The minimum atomic E-state index is -0.544. The second-order valence-corrected chi connectivity index (χ2v) is 4.33. The molecule has 0 aliphatic rings. The lowest BCUT2D eigenvalue weighted by Gasteiger charge is -2.00. The van der Waals surface area contributed by atoms with E-state index in [1.54, 1.807) is 7.11 Å². The van der Waals surface area contributed by atoms with Gasteiger partial charge < -0.3 is 9.84 Å². The number of ether oxygens (including phenoxy) is 1. The first-order valence-electron chi connectivity index (χ1n) is 5.23. The van der Waals surface area contributed by atoms with E-state index >= 15 is 0 Å². The van der Waals surface area contributed by atoms with Crippen LogP contribution in [0.2, 0.25) is 0 Å². The largest absolute Gasteiger partial charge is 0.497 e. The summed E-state index contributed by atoms with van der Waals surface area (Å²) in [5, 5.41) is 13.4. The topological polar surface area (TPSA) is 71.5 Å². The third-order valence-corrected chi connectivity index (χ3v) is 3.04. The lowest BCUT2D eigenvalue weighted by molar-refractivity contribution is -0.118. The zero-order valence-electron chi connectivity index (χ0n) is 9.71. The molecule has 0 bridgehead atoms. The second kappa shape index (κ2) is 5.61. The number of hydrogen-bond donors (Lipinski definition) is 2. The van der Waals surface area contributed by atoms with Crippen molar-refractivity contribution in [1.82, 2.24) is 4.98 Å². The molecule has 0 aliphatic heterocycles. The van der Waals surface area contributed by atoms with Crippen molar-refractivity contribution in [2.45, 2.75) is 0 Å². The first-order chi connectivity index (χ1) is 8.72. The Morgan fingerprint density at radius 1 is 1.44 bits per heavy atom. The minimum Gasteiger partial charge on any atom is -0.497 e. The maximum atomic E-state index is 11.0. The predicted molar refractivity (Wildman–Crippen MR) is 69.8 cm³/mol. The number of methoxy groups -OCH3 is 1. The van der Waals surface area contributed by atoms with Crippen LogP contribution in [-0.2, 0) is 4.79 Å². The highest BCUT2D eigenvalue weighted by Crippen LogP contribution is 2.26. The summed E-state index contributed by atoms with van der Waals surface area (Å²) in [7, 11) is 1.61. The molecule has 1 aromatic carbocycles. The summed E-state index contributed by atoms with van der Waals surface area (Å²) in [5.74, 6) is 0.313. The quantitative estimate of drug-likeness (QED) is 0.882. The number of aliphatic hydroxyl groups is 1. The van der Waals surface area contributed by atoms with Gasteiger partial charge in [-0.05, 0) is 24.3 Å². The first-order valence-corrected chi connectivity index (χ1v) is 6.11. The van der Waals surface area contributed by atoms with Crippen molar-refractivity contribution in [3.8, 4) is 17.0 Å². The maximum Gasteiger partial charge on any atom is 0.251 e. The van der Waals surface area contributed by atoms with Crippen molar-refractivity contribution in [1.29, 1.82) is 0 Å². The van der Waals surface area contributed by atoms with Gasteiger partial charge in [0.25, 0.3) is 5.91 Å². The highest BCUT2D eigenvalue weighted by atomic mass is 32.1. The second-order valence-electron chi connectivity index (χ2n) is 3.47. The number of anilines is 1. The number of aliphatic hydroxyl groups excluding tert-OH is 1. The molecule has 0 aliphatic carbocycles. The van der Waals surface area contributed by atoms with Gasteiger partial charge in [-0.1, -0.05) is 0 Å². The number of carbonyl (C=O) groups is 1. The fourth-order valence-corrected chi connectivity index (χ4v) is 2.12. The summed E-state index contributed by atoms with van der Waals surface area (Å²) < 4.78 is 5.07. The molecule has 1 amide bonds. The summed E-state index contributed by atoms with van der Waals surface area (Å²) in [6, 6.07) is 7.48. The summed E-state index contributed by atoms with van der Waals surface area (Å²) in [6.07, 6.45) is 0. The molecular weight excluding hydrogens is 252 g/mol. The lowest BCUT2D eigenvalue weighted by Crippen LogP contribution is -2.15. The van der Waals surface area contributed by atoms with E-state index in [2.05, 4.69) is 10.3 Å². The van der Waals surface area contributed by atoms with Crippen molar-refractivity contribution >= 4 is 22.4 Å². The van der Waals surface area contributed by atoms with Crippen molar-refractivity contribution in [3.63, 3.8) is 0 Å². The van der Waals surface area contributed by atoms with Gasteiger partial charge >= 0.3 is 0 Å². The standard InChI is InChI=1S/C12H12N2O3S/c1-17-9-4-2-8(3-5-9)10-7-18-12(13-10)14-11(16)6-15/h2-5,7,15H,6H2,1H3,(H,13,14,16). The number of amides is 1. The summed E-state index contributed by atoms with van der Waals surface area (Å²) >= 11 is 1.31. The first kappa shape index (κ1) is 12.5. The number of rotatable bonds is 4. The average molecular weight is 264 g/mol. The van der Waals surface area contributed by atoms with Gasteiger partial charge in [-0.25, -0.2) is 4.98 Å². The number of carbonyl (C=O) groups excluding carboxylic acids is 1. The SMILES string of the molecule is COc1ccc(-c2csc(NC(=O)CO)n2)cc1. The summed E-state index contributed by atoms with van der Waals surface area (Å²) in [5.41, 5.74) is 1.72. The molecule has 2 rings (SSSR count). The molecule has 94 valence electrons. The molecular formula is C12H12N2O3S. The monoisotopic (exact) mass is 264 g/mol. The molecule has 1 aromatic heterocycles. The fraction of sp³-hybridized carbons (Fsp3) is 0.167.